The van der Waals surface area contributed by atoms with E-state index in [1.807, 2.05) is 12.3 Å². The maximum Gasteiger partial charge on any atom is 0.123 e. The lowest BCUT2D eigenvalue weighted by Crippen LogP contribution is -2.53. The predicted molar refractivity (Wildman–Crippen MR) is 133 cm³/mol. The first-order valence-corrected chi connectivity index (χ1v) is 11.9. The fourth-order valence-corrected chi connectivity index (χ4v) is 4.92. The average Bonchev–Trinajstić information content (AvgIpc) is 3.23. The molecule has 0 atom stereocenters. The van der Waals surface area contributed by atoms with Crippen LogP contribution >= 0.6 is 0 Å². The van der Waals surface area contributed by atoms with Gasteiger partial charge in [0.05, 0.1) is 5.69 Å². The van der Waals surface area contributed by atoms with Crippen LogP contribution in [0.2, 0.25) is 0 Å². The highest BCUT2D eigenvalue weighted by Gasteiger charge is 2.25. The molecule has 1 aromatic heterocycles. The predicted octanol–water partition coefficient (Wildman–Crippen LogP) is 5.79. The molecule has 0 N–H and O–H groups in total. The maximum absolute atomic E-state index is 13.8. The van der Waals surface area contributed by atoms with Crippen molar-refractivity contribution < 1.29 is 4.39 Å². The van der Waals surface area contributed by atoms with Crippen molar-refractivity contribution in [1.29, 1.82) is 0 Å². The van der Waals surface area contributed by atoms with E-state index in [0.29, 0.717) is 0 Å². The number of nitrogens with zero attached hydrogens (tertiary/aromatic N) is 3. The van der Waals surface area contributed by atoms with Crippen LogP contribution in [0.3, 0.4) is 0 Å². The molecule has 2 aromatic carbocycles. The van der Waals surface area contributed by atoms with Crippen molar-refractivity contribution in [3.63, 3.8) is 0 Å². The molecule has 170 valence electrons. The number of benzene rings is 2. The zero-order valence-corrected chi connectivity index (χ0v) is 19.8. The molecule has 4 heteroatoms. The first-order valence-electron chi connectivity index (χ1n) is 11.9. The van der Waals surface area contributed by atoms with E-state index in [9.17, 15) is 4.39 Å². The molecule has 1 fully saturated rings. The Morgan fingerprint density at radius 2 is 1.64 bits per heavy atom. The number of hydrogen-bond acceptors (Lipinski definition) is 3. The monoisotopic (exact) mass is 441 g/mol. The Hall–Kier alpha value is -2.82. The van der Waals surface area contributed by atoms with Gasteiger partial charge in [-0.15, -0.1) is 0 Å². The van der Waals surface area contributed by atoms with E-state index in [1.165, 1.54) is 11.6 Å². The Labute approximate surface area is 196 Å². The van der Waals surface area contributed by atoms with E-state index in [-0.39, 0.29) is 11.4 Å². The third kappa shape index (κ3) is 4.78. The molecule has 5 rings (SSSR count). The zero-order valence-electron chi connectivity index (χ0n) is 19.8. The molecule has 1 aliphatic carbocycles. The first kappa shape index (κ1) is 22.0. The topological polar surface area (TPSA) is 19.4 Å². The molecular formula is C29H32FN3. The summed E-state index contributed by atoms with van der Waals surface area (Å²) in [6.07, 6.45) is 4.91. The molecule has 2 aliphatic rings. The standard InChI is InChI=1S/C29H32FN3/c1-29(2,3)33-15-13-32(14-16-33)20-21-7-9-22(10-8-21)24-18-27-26(11-12-28(27)31-19-24)23-5-4-6-25(30)17-23/h4-11,17-19H,12-16,20H2,1-3H3. The Bertz CT molecular complexity index is 1170. The van der Waals surface area contributed by atoms with Crippen LogP contribution in [0.5, 0.6) is 0 Å². The Kier molecular flexibility index (Phi) is 5.90. The SMILES string of the molecule is CC(C)(C)N1CCN(Cc2ccc(-c3cnc4c(c3)C(c3cccc(F)c3)=CC4)cc2)CC1. The van der Waals surface area contributed by atoms with Crippen LogP contribution in [0.4, 0.5) is 4.39 Å². The number of hydrogen-bond donors (Lipinski definition) is 0. The van der Waals surface area contributed by atoms with Gasteiger partial charge in [0.25, 0.3) is 0 Å². The highest BCUT2D eigenvalue weighted by atomic mass is 19.1. The number of rotatable bonds is 4. The number of fused-ring (bicyclic) bond motifs is 1. The molecule has 0 spiro atoms. The van der Waals surface area contributed by atoms with E-state index in [2.05, 4.69) is 67.0 Å². The number of allylic oxidation sites excluding steroid dienone is 1. The van der Waals surface area contributed by atoms with Gasteiger partial charge in [-0.3, -0.25) is 14.8 Å². The third-order valence-electron chi connectivity index (χ3n) is 6.91. The summed E-state index contributed by atoms with van der Waals surface area (Å²) < 4.78 is 13.8. The van der Waals surface area contributed by atoms with Crippen molar-refractivity contribution in [2.24, 2.45) is 0 Å². The lowest BCUT2D eigenvalue weighted by Gasteiger charge is -2.42. The summed E-state index contributed by atoms with van der Waals surface area (Å²) in [5.74, 6) is -0.207. The largest absolute Gasteiger partial charge is 0.297 e. The number of pyridine rings is 1. The van der Waals surface area contributed by atoms with Gasteiger partial charge in [-0.05, 0) is 61.2 Å². The van der Waals surface area contributed by atoms with Gasteiger partial charge in [-0.2, -0.15) is 0 Å². The first-order chi connectivity index (χ1) is 15.9. The van der Waals surface area contributed by atoms with E-state index in [4.69, 9.17) is 4.98 Å². The molecule has 3 aromatic rings. The zero-order chi connectivity index (χ0) is 23.0. The maximum atomic E-state index is 13.8. The van der Waals surface area contributed by atoms with Crippen molar-refractivity contribution in [1.82, 2.24) is 14.8 Å². The third-order valence-corrected chi connectivity index (χ3v) is 6.91. The van der Waals surface area contributed by atoms with Crippen LogP contribution in [0.1, 0.15) is 43.2 Å². The van der Waals surface area contributed by atoms with Gasteiger partial charge >= 0.3 is 0 Å². The second-order valence-electron chi connectivity index (χ2n) is 10.2. The molecule has 0 bridgehead atoms. The van der Waals surface area contributed by atoms with Crippen molar-refractivity contribution in [3.05, 3.63) is 95.1 Å². The lowest BCUT2D eigenvalue weighted by atomic mass is 9.97. The number of piperazine rings is 1. The number of halogens is 1. The molecule has 0 radical (unpaired) electrons. The summed E-state index contributed by atoms with van der Waals surface area (Å²) in [7, 11) is 0. The molecular weight excluding hydrogens is 409 g/mol. The fourth-order valence-electron chi connectivity index (χ4n) is 4.92. The highest BCUT2D eigenvalue weighted by molar-refractivity contribution is 5.85. The van der Waals surface area contributed by atoms with E-state index in [1.54, 1.807) is 12.1 Å². The van der Waals surface area contributed by atoms with Crippen LogP contribution in [-0.4, -0.2) is 46.5 Å². The van der Waals surface area contributed by atoms with E-state index in [0.717, 1.165) is 72.7 Å². The van der Waals surface area contributed by atoms with Gasteiger partial charge in [0, 0.05) is 62.0 Å². The molecule has 1 saturated heterocycles. The van der Waals surface area contributed by atoms with Crippen molar-refractivity contribution >= 4 is 5.57 Å². The van der Waals surface area contributed by atoms with Crippen LogP contribution in [0, 0.1) is 5.82 Å². The highest BCUT2D eigenvalue weighted by Crippen LogP contribution is 2.34. The second-order valence-corrected chi connectivity index (χ2v) is 10.2. The number of aromatic nitrogens is 1. The second kappa shape index (κ2) is 8.85. The molecule has 33 heavy (non-hydrogen) atoms. The summed E-state index contributed by atoms with van der Waals surface area (Å²) in [5, 5.41) is 0. The Balaban J connectivity index is 1.29. The van der Waals surface area contributed by atoms with Gasteiger partial charge in [-0.25, -0.2) is 4.39 Å². The minimum absolute atomic E-state index is 0.207. The van der Waals surface area contributed by atoms with Crippen LogP contribution in [-0.2, 0) is 13.0 Å². The molecule has 0 saturated carbocycles. The smallest absolute Gasteiger partial charge is 0.123 e. The summed E-state index contributed by atoms with van der Waals surface area (Å²) in [6, 6.07) is 17.9. The molecule has 0 amide bonds. The van der Waals surface area contributed by atoms with Crippen LogP contribution in [0.25, 0.3) is 16.7 Å². The summed E-state index contributed by atoms with van der Waals surface area (Å²) >= 11 is 0. The fraction of sp³-hybridized carbons (Fsp3) is 0.345. The van der Waals surface area contributed by atoms with E-state index >= 15 is 0 Å². The Morgan fingerprint density at radius 1 is 0.879 bits per heavy atom. The minimum atomic E-state index is -0.207. The van der Waals surface area contributed by atoms with Crippen molar-refractivity contribution in [3.8, 4) is 11.1 Å². The average molecular weight is 442 g/mol. The van der Waals surface area contributed by atoms with Gasteiger partial charge in [-0.1, -0.05) is 42.5 Å². The summed E-state index contributed by atoms with van der Waals surface area (Å²) in [4.78, 5) is 9.83. The lowest BCUT2D eigenvalue weighted by molar-refractivity contribution is 0.0591. The van der Waals surface area contributed by atoms with Gasteiger partial charge in [0.1, 0.15) is 5.82 Å². The minimum Gasteiger partial charge on any atom is -0.297 e. The molecule has 0 unspecified atom stereocenters. The van der Waals surface area contributed by atoms with Gasteiger partial charge < -0.3 is 0 Å². The quantitative estimate of drug-likeness (QED) is 0.511. The van der Waals surface area contributed by atoms with E-state index < -0.39 is 0 Å². The van der Waals surface area contributed by atoms with Crippen LogP contribution < -0.4 is 0 Å². The molecule has 2 heterocycles. The van der Waals surface area contributed by atoms with Crippen molar-refractivity contribution in [2.45, 2.75) is 39.3 Å². The molecule has 1 aliphatic heterocycles. The van der Waals surface area contributed by atoms with Gasteiger partial charge in [0.15, 0.2) is 0 Å². The summed E-state index contributed by atoms with van der Waals surface area (Å²) in [6.45, 7) is 12.4. The van der Waals surface area contributed by atoms with Crippen molar-refractivity contribution in [2.75, 3.05) is 26.2 Å². The van der Waals surface area contributed by atoms with Crippen LogP contribution in [0.15, 0.2) is 66.9 Å². The Morgan fingerprint density at radius 3 is 2.33 bits per heavy atom. The normalized spacial score (nSPS) is 17.2. The van der Waals surface area contributed by atoms with Gasteiger partial charge in [0.2, 0.25) is 0 Å². The molecule has 3 nitrogen and oxygen atoms in total. The summed E-state index contributed by atoms with van der Waals surface area (Å²) in [5.41, 5.74) is 8.02.